The van der Waals surface area contributed by atoms with Gasteiger partial charge in [-0.3, -0.25) is 19.3 Å². The lowest BCUT2D eigenvalue weighted by molar-refractivity contribution is -0.127. The van der Waals surface area contributed by atoms with Crippen LogP contribution < -0.4 is 10.1 Å². The van der Waals surface area contributed by atoms with Crippen molar-refractivity contribution in [3.8, 4) is 11.5 Å². The van der Waals surface area contributed by atoms with Crippen LogP contribution in [0.5, 0.6) is 11.5 Å². The molecule has 0 aromatic heterocycles. The van der Waals surface area contributed by atoms with Gasteiger partial charge < -0.3 is 15.2 Å². The molecule has 0 bridgehead atoms. The molecular weight excluding hydrogens is 452 g/mol. The number of phenols is 1. The Bertz CT molecular complexity index is 1080. The third-order valence-corrected chi connectivity index (χ3v) is 5.88. The van der Waals surface area contributed by atoms with Crippen LogP contribution >= 0.6 is 23.4 Å². The number of aromatic hydroxyl groups is 1. The fourth-order valence-electron chi connectivity index (χ4n) is 3.03. The van der Waals surface area contributed by atoms with Gasteiger partial charge in [-0.15, -0.1) is 0 Å². The van der Waals surface area contributed by atoms with Gasteiger partial charge in [0.25, 0.3) is 11.1 Å². The van der Waals surface area contributed by atoms with E-state index in [9.17, 15) is 19.5 Å². The Balaban J connectivity index is 1.71. The predicted octanol–water partition coefficient (Wildman–Crippen LogP) is 5.24. The van der Waals surface area contributed by atoms with Gasteiger partial charge in [0.2, 0.25) is 5.91 Å². The van der Waals surface area contributed by atoms with Gasteiger partial charge >= 0.3 is 0 Å². The minimum atomic E-state index is -0.576. The van der Waals surface area contributed by atoms with Gasteiger partial charge in [0.1, 0.15) is 6.54 Å². The number of halogens is 1. The van der Waals surface area contributed by atoms with Crippen molar-refractivity contribution in [3.05, 3.63) is 57.5 Å². The van der Waals surface area contributed by atoms with Crippen LogP contribution in [0.4, 0.5) is 10.5 Å². The fourth-order valence-corrected chi connectivity index (χ4v) is 4.08. The molecule has 1 fully saturated rings. The Morgan fingerprint density at radius 3 is 2.56 bits per heavy atom. The number of hydrogen-bond donors (Lipinski definition) is 2. The number of benzene rings is 2. The fraction of sp³-hybridized carbons (Fsp3) is 0.261. The molecule has 3 rings (SSSR count). The highest BCUT2D eigenvalue weighted by Gasteiger charge is 2.36. The van der Waals surface area contributed by atoms with Crippen molar-refractivity contribution in [2.45, 2.75) is 26.7 Å². The number of hydrogen-bond acceptors (Lipinski definition) is 6. The van der Waals surface area contributed by atoms with E-state index in [1.54, 1.807) is 19.1 Å². The maximum Gasteiger partial charge on any atom is 0.294 e. The van der Waals surface area contributed by atoms with Crippen LogP contribution in [0.3, 0.4) is 0 Å². The van der Waals surface area contributed by atoms with E-state index < -0.39 is 23.6 Å². The molecule has 1 saturated heterocycles. The summed E-state index contributed by atoms with van der Waals surface area (Å²) in [5, 5.41) is 12.2. The maximum atomic E-state index is 12.7. The average molecular weight is 475 g/mol. The second-order valence-corrected chi connectivity index (χ2v) is 8.78. The summed E-state index contributed by atoms with van der Waals surface area (Å²) < 4.78 is 5.34. The number of anilines is 1. The zero-order chi connectivity index (χ0) is 23.4. The number of carbonyl (C=O) groups excluding carboxylic acids is 3. The normalized spacial score (nSPS) is 15.0. The zero-order valence-corrected chi connectivity index (χ0v) is 19.4. The Morgan fingerprint density at radius 2 is 1.94 bits per heavy atom. The number of thioether (sulfide) groups is 1. The first-order chi connectivity index (χ1) is 15.2. The van der Waals surface area contributed by atoms with Gasteiger partial charge in [0.05, 0.1) is 16.5 Å². The van der Waals surface area contributed by atoms with Crippen molar-refractivity contribution in [1.82, 2.24) is 4.90 Å². The Kier molecular flexibility index (Phi) is 7.48. The van der Waals surface area contributed by atoms with Gasteiger partial charge in [0, 0.05) is 5.69 Å². The monoisotopic (exact) mass is 474 g/mol. The van der Waals surface area contributed by atoms with E-state index in [-0.39, 0.29) is 21.4 Å². The van der Waals surface area contributed by atoms with Crippen LogP contribution in [0, 0.1) is 0 Å². The second kappa shape index (κ2) is 10.1. The summed E-state index contributed by atoms with van der Waals surface area (Å²) in [5.74, 6) is -0.704. The molecule has 0 unspecified atom stereocenters. The minimum absolute atomic E-state index is 0.0595. The largest absolute Gasteiger partial charge is 0.503 e. The number of nitrogens with zero attached hydrogens (tertiary/aromatic N) is 1. The van der Waals surface area contributed by atoms with Gasteiger partial charge in [-0.2, -0.15) is 0 Å². The third-order valence-electron chi connectivity index (χ3n) is 4.68. The zero-order valence-electron chi connectivity index (χ0n) is 17.8. The molecule has 1 aliphatic rings. The smallest absolute Gasteiger partial charge is 0.294 e. The van der Waals surface area contributed by atoms with Crippen LogP contribution in [0.25, 0.3) is 6.08 Å². The molecule has 168 valence electrons. The molecule has 0 spiro atoms. The van der Waals surface area contributed by atoms with Crippen molar-refractivity contribution >= 4 is 52.2 Å². The highest BCUT2D eigenvalue weighted by atomic mass is 35.5. The first-order valence-corrected chi connectivity index (χ1v) is 11.2. The van der Waals surface area contributed by atoms with E-state index in [1.807, 2.05) is 12.1 Å². The summed E-state index contributed by atoms with van der Waals surface area (Å²) in [6.07, 6.45) is 1.47. The van der Waals surface area contributed by atoms with E-state index in [1.165, 1.54) is 18.2 Å². The first kappa shape index (κ1) is 23.7. The third kappa shape index (κ3) is 5.44. The van der Waals surface area contributed by atoms with Crippen molar-refractivity contribution in [3.63, 3.8) is 0 Å². The lowest BCUT2D eigenvalue weighted by Gasteiger charge is -2.13. The molecule has 0 aliphatic carbocycles. The molecule has 0 saturated carbocycles. The van der Waals surface area contributed by atoms with Crippen LogP contribution in [-0.4, -0.2) is 40.2 Å². The van der Waals surface area contributed by atoms with E-state index >= 15 is 0 Å². The predicted molar refractivity (Wildman–Crippen MR) is 126 cm³/mol. The Labute approximate surface area is 195 Å². The summed E-state index contributed by atoms with van der Waals surface area (Å²) in [4.78, 5) is 38.5. The highest BCUT2D eigenvalue weighted by molar-refractivity contribution is 8.18. The van der Waals surface area contributed by atoms with Crippen LogP contribution in [0.1, 0.15) is 37.8 Å². The van der Waals surface area contributed by atoms with E-state index in [0.717, 1.165) is 22.2 Å². The summed E-state index contributed by atoms with van der Waals surface area (Å²) in [6, 6.07) is 10.4. The van der Waals surface area contributed by atoms with Gasteiger partial charge in [-0.05, 0) is 66.1 Å². The van der Waals surface area contributed by atoms with E-state index in [0.29, 0.717) is 23.8 Å². The second-order valence-electron chi connectivity index (χ2n) is 7.38. The molecule has 2 N–H and O–H groups in total. The number of imide groups is 1. The van der Waals surface area contributed by atoms with E-state index in [2.05, 4.69) is 19.2 Å². The average Bonchev–Trinajstić information content (AvgIpc) is 2.99. The number of rotatable bonds is 7. The summed E-state index contributed by atoms with van der Waals surface area (Å²) in [6.45, 7) is 5.83. The van der Waals surface area contributed by atoms with E-state index in [4.69, 9.17) is 16.3 Å². The number of carbonyl (C=O) groups is 3. The molecule has 2 aromatic carbocycles. The standard InChI is InChI=1S/C23H23ClN2O5S/c1-4-31-18-10-14(9-17(24)21(18)28)11-19-22(29)26(23(30)32-19)12-20(27)25-16-7-5-15(6-8-16)13(2)3/h5-11,13,28H,4,12H2,1-3H3,(H,25,27)/b19-11-. The molecule has 1 heterocycles. The SMILES string of the molecule is CCOc1cc(/C=C2\SC(=O)N(CC(=O)Nc3ccc(C(C)C)cc3)C2=O)cc(Cl)c1O. The van der Waals surface area contributed by atoms with Crippen LogP contribution in [-0.2, 0) is 9.59 Å². The molecule has 9 heteroatoms. The molecule has 1 aliphatic heterocycles. The summed E-state index contributed by atoms with van der Waals surface area (Å²) in [5.41, 5.74) is 2.21. The maximum absolute atomic E-state index is 12.7. The Morgan fingerprint density at radius 1 is 1.25 bits per heavy atom. The van der Waals surface area contributed by atoms with Gasteiger partial charge in [-0.1, -0.05) is 37.6 Å². The molecular formula is C23H23ClN2O5S. The number of ether oxygens (including phenoxy) is 1. The first-order valence-electron chi connectivity index (χ1n) is 10.00. The molecule has 0 radical (unpaired) electrons. The number of nitrogens with one attached hydrogen (secondary N) is 1. The van der Waals surface area contributed by atoms with Crippen molar-refractivity contribution in [2.75, 3.05) is 18.5 Å². The van der Waals surface area contributed by atoms with Crippen molar-refractivity contribution < 1.29 is 24.2 Å². The molecule has 3 amide bonds. The van der Waals surface area contributed by atoms with Crippen molar-refractivity contribution in [2.24, 2.45) is 0 Å². The summed E-state index contributed by atoms with van der Waals surface area (Å²) in [7, 11) is 0. The van der Waals surface area contributed by atoms with Gasteiger partial charge in [-0.25, -0.2) is 0 Å². The van der Waals surface area contributed by atoms with Gasteiger partial charge in [0.15, 0.2) is 11.5 Å². The lowest BCUT2D eigenvalue weighted by atomic mass is 10.0. The molecule has 32 heavy (non-hydrogen) atoms. The highest BCUT2D eigenvalue weighted by Crippen LogP contribution is 2.38. The molecule has 0 atom stereocenters. The van der Waals surface area contributed by atoms with Crippen LogP contribution in [0.15, 0.2) is 41.3 Å². The Hall–Kier alpha value is -2.97. The topological polar surface area (TPSA) is 95.9 Å². The molecule has 2 aromatic rings. The van der Waals surface area contributed by atoms with Crippen LogP contribution in [0.2, 0.25) is 5.02 Å². The minimum Gasteiger partial charge on any atom is -0.503 e. The quantitative estimate of drug-likeness (QED) is 0.532. The molecule has 7 nitrogen and oxygen atoms in total. The van der Waals surface area contributed by atoms with Crippen molar-refractivity contribution in [1.29, 1.82) is 0 Å². The lowest BCUT2D eigenvalue weighted by Crippen LogP contribution is -2.36. The number of phenolic OH excluding ortho intramolecular Hbond substituents is 1. The summed E-state index contributed by atoms with van der Waals surface area (Å²) >= 11 is 6.76. The number of amides is 3.